The van der Waals surface area contributed by atoms with E-state index >= 15 is 0 Å². The molecule has 2 N–H and O–H groups in total. The molecule has 1 aromatic carbocycles. The van der Waals surface area contributed by atoms with Crippen molar-refractivity contribution in [3.8, 4) is 32.5 Å². The number of H-pyrrole nitrogens is 1. The Morgan fingerprint density at radius 2 is 2.03 bits per heavy atom. The molecule has 0 aliphatic heterocycles. The average molecular weight is 433 g/mol. The molecular formula is C21H16N6OS2. The van der Waals surface area contributed by atoms with Crippen LogP contribution in [0.2, 0.25) is 0 Å². The molecule has 0 unspecified atom stereocenters. The second-order valence-corrected chi connectivity index (χ2v) is 8.47. The van der Waals surface area contributed by atoms with E-state index in [1.165, 1.54) is 11.3 Å². The predicted octanol–water partition coefficient (Wildman–Crippen LogP) is 4.91. The number of aromatic amines is 1. The Bertz CT molecular complexity index is 1300. The van der Waals surface area contributed by atoms with Crippen molar-refractivity contribution in [2.45, 2.75) is 0 Å². The molecule has 4 aromatic heterocycles. The van der Waals surface area contributed by atoms with Gasteiger partial charge in [-0.15, -0.1) is 11.3 Å². The molecule has 0 saturated heterocycles. The number of aromatic nitrogens is 5. The van der Waals surface area contributed by atoms with Gasteiger partial charge >= 0.3 is 0 Å². The van der Waals surface area contributed by atoms with Gasteiger partial charge in [-0.1, -0.05) is 47.7 Å². The number of thiazole rings is 1. The highest BCUT2D eigenvalue weighted by Crippen LogP contribution is 2.38. The molecule has 9 heteroatoms. The van der Waals surface area contributed by atoms with E-state index in [-0.39, 0.29) is 5.91 Å². The fourth-order valence-electron chi connectivity index (χ4n) is 3.06. The van der Waals surface area contributed by atoms with E-state index in [1.807, 2.05) is 65.7 Å². The van der Waals surface area contributed by atoms with Gasteiger partial charge in [0, 0.05) is 25.0 Å². The van der Waals surface area contributed by atoms with Gasteiger partial charge < -0.3 is 4.57 Å². The van der Waals surface area contributed by atoms with Gasteiger partial charge in [-0.05, 0) is 17.5 Å². The quantitative estimate of drug-likeness (QED) is 0.413. The van der Waals surface area contributed by atoms with Crippen LogP contribution in [0.15, 0.2) is 66.3 Å². The third-order valence-corrected chi connectivity index (χ3v) is 6.39. The zero-order chi connectivity index (χ0) is 20.5. The maximum Gasteiger partial charge on any atom is 0.277 e. The number of anilines is 1. The summed E-state index contributed by atoms with van der Waals surface area (Å²) < 4.78 is 1.94. The molecule has 5 rings (SSSR count). The number of carbonyl (C=O) groups excluding carboxylic acids is 1. The van der Waals surface area contributed by atoms with Crippen LogP contribution < -0.4 is 5.32 Å². The van der Waals surface area contributed by atoms with E-state index in [2.05, 4.69) is 20.5 Å². The first kappa shape index (κ1) is 18.5. The summed E-state index contributed by atoms with van der Waals surface area (Å²) in [5, 5.41) is 12.4. The largest absolute Gasteiger partial charge is 0.333 e. The van der Waals surface area contributed by atoms with Gasteiger partial charge in [-0.2, -0.15) is 5.10 Å². The molecule has 7 nitrogen and oxygen atoms in total. The maximum atomic E-state index is 12.8. The highest BCUT2D eigenvalue weighted by molar-refractivity contribution is 7.19. The number of carbonyl (C=O) groups is 1. The zero-order valence-electron chi connectivity index (χ0n) is 15.9. The Labute approximate surface area is 180 Å². The molecule has 4 heterocycles. The van der Waals surface area contributed by atoms with Crippen molar-refractivity contribution < 1.29 is 4.79 Å². The lowest BCUT2D eigenvalue weighted by Crippen LogP contribution is -2.12. The third-order valence-electron chi connectivity index (χ3n) is 4.52. The number of benzene rings is 1. The number of nitrogens with one attached hydrogen (secondary N) is 2. The summed E-state index contributed by atoms with van der Waals surface area (Å²) in [4.78, 5) is 23.8. The van der Waals surface area contributed by atoms with Crippen LogP contribution in [0.3, 0.4) is 0 Å². The van der Waals surface area contributed by atoms with E-state index in [1.54, 1.807) is 23.6 Å². The van der Waals surface area contributed by atoms with Crippen LogP contribution in [0, 0.1) is 0 Å². The van der Waals surface area contributed by atoms with Crippen molar-refractivity contribution in [2.24, 2.45) is 7.05 Å². The number of amides is 1. The van der Waals surface area contributed by atoms with Crippen molar-refractivity contribution in [1.29, 1.82) is 0 Å². The molecule has 0 saturated carbocycles. The Hall–Kier alpha value is -3.56. The maximum absolute atomic E-state index is 12.8. The van der Waals surface area contributed by atoms with Crippen molar-refractivity contribution in [3.63, 3.8) is 0 Å². The minimum absolute atomic E-state index is 0.311. The molecule has 0 spiro atoms. The molecule has 5 aromatic rings. The molecule has 148 valence electrons. The molecule has 0 fully saturated rings. The molecule has 0 aliphatic carbocycles. The van der Waals surface area contributed by atoms with Crippen LogP contribution >= 0.6 is 22.7 Å². The van der Waals surface area contributed by atoms with Gasteiger partial charge in [0.25, 0.3) is 5.91 Å². The van der Waals surface area contributed by atoms with Crippen molar-refractivity contribution in [3.05, 3.63) is 72.0 Å². The fourth-order valence-corrected chi connectivity index (χ4v) is 4.77. The number of thiophene rings is 1. The summed E-state index contributed by atoms with van der Waals surface area (Å²) in [6, 6.07) is 15.6. The van der Waals surface area contributed by atoms with E-state index in [4.69, 9.17) is 4.98 Å². The van der Waals surface area contributed by atoms with Gasteiger partial charge in [0.1, 0.15) is 0 Å². The van der Waals surface area contributed by atoms with Crippen LogP contribution in [0.4, 0.5) is 5.13 Å². The van der Waals surface area contributed by atoms with Gasteiger partial charge in [-0.3, -0.25) is 15.2 Å². The average Bonchev–Trinajstić information content (AvgIpc) is 3.54. The molecule has 0 atom stereocenters. The van der Waals surface area contributed by atoms with Crippen LogP contribution in [-0.4, -0.2) is 30.6 Å². The molecular weight excluding hydrogens is 416 g/mol. The first-order chi connectivity index (χ1) is 14.7. The standard InChI is InChI=1S/C21H16N6OS2/c1-27-10-9-22-19(27)18-17(13-6-3-2-4-7-13)23-21(30-18)24-20(28)15-12-14(25-26-15)16-8-5-11-29-16/h2-12H,1H3,(H,25,26)(H,23,24,28). The summed E-state index contributed by atoms with van der Waals surface area (Å²) in [5.74, 6) is 0.486. The topological polar surface area (TPSA) is 88.5 Å². The van der Waals surface area contributed by atoms with Crippen molar-refractivity contribution in [2.75, 3.05) is 5.32 Å². The highest BCUT2D eigenvalue weighted by Gasteiger charge is 2.20. The molecule has 0 bridgehead atoms. The van der Waals surface area contributed by atoms with Gasteiger partial charge in [0.2, 0.25) is 0 Å². The summed E-state index contributed by atoms with van der Waals surface area (Å²) in [6.07, 6.45) is 3.63. The summed E-state index contributed by atoms with van der Waals surface area (Å²) in [5.41, 5.74) is 2.87. The molecule has 0 radical (unpaired) electrons. The van der Waals surface area contributed by atoms with Gasteiger partial charge in [-0.25, -0.2) is 9.97 Å². The van der Waals surface area contributed by atoms with Gasteiger partial charge in [0.15, 0.2) is 16.6 Å². The number of imidazole rings is 1. The lowest BCUT2D eigenvalue weighted by atomic mass is 10.1. The number of hydrogen-bond acceptors (Lipinski definition) is 6. The Balaban J connectivity index is 1.47. The summed E-state index contributed by atoms with van der Waals surface area (Å²) in [7, 11) is 1.94. The third kappa shape index (κ3) is 3.44. The number of hydrogen-bond donors (Lipinski definition) is 2. The number of aryl methyl sites for hydroxylation is 1. The van der Waals surface area contributed by atoms with Crippen LogP contribution in [0.5, 0.6) is 0 Å². The van der Waals surface area contributed by atoms with Crippen LogP contribution in [0.1, 0.15) is 10.5 Å². The Morgan fingerprint density at radius 3 is 2.77 bits per heavy atom. The predicted molar refractivity (Wildman–Crippen MR) is 120 cm³/mol. The molecule has 1 amide bonds. The highest BCUT2D eigenvalue weighted by atomic mass is 32.1. The smallest absolute Gasteiger partial charge is 0.277 e. The lowest BCUT2D eigenvalue weighted by molar-refractivity contribution is 0.102. The first-order valence-electron chi connectivity index (χ1n) is 9.13. The fraction of sp³-hybridized carbons (Fsp3) is 0.0476. The molecule has 30 heavy (non-hydrogen) atoms. The normalized spacial score (nSPS) is 11.0. The minimum Gasteiger partial charge on any atom is -0.333 e. The second kappa shape index (κ2) is 7.69. The SMILES string of the molecule is Cn1ccnc1-c1sc(NC(=O)c2cc(-c3cccs3)[nH]n2)nc1-c1ccccc1. The lowest BCUT2D eigenvalue weighted by Gasteiger charge is -2.02. The monoisotopic (exact) mass is 432 g/mol. The first-order valence-corrected chi connectivity index (χ1v) is 10.8. The summed E-state index contributed by atoms with van der Waals surface area (Å²) >= 11 is 2.98. The van der Waals surface area contributed by atoms with Crippen LogP contribution in [-0.2, 0) is 7.05 Å². The minimum atomic E-state index is -0.311. The number of rotatable bonds is 5. The summed E-state index contributed by atoms with van der Waals surface area (Å²) in [6.45, 7) is 0. The van der Waals surface area contributed by atoms with E-state index in [9.17, 15) is 4.79 Å². The van der Waals surface area contributed by atoms with Crippen molar-refractivity contribution in [1.82, 2.24) is 24.7 Å². The number of nitrogens with zero attached hydrogens (tertiary/aromatic N) is 4. The van der Waals surface area contributed by atoms with Crippen molar-refractivity contribution >= 4 is 33.7 Å². The van der Waals surface area contributed by atoms with Gasteiger partial charge in [0.05, 0.1) is 21.1 Å². The Kier molecular flexibility index (Phi) is 4.74. The zero-order valence-corrected chi connectivity index (χ0v) is 17.5. The van der Waals surface area contributed by atoms with E-state index < -0.39 is 0 Å². The molecule has 0 aliphatic rings. The Morgan fingerprint density at radius 1 is 1.17 bits per heavy atom. The van der Waals surface area contributed by atoms with Crippen LogP contribution in [0.25, 0.3) is 32.5 Å². The van der Waals surface area contributed by atoms with E-state index in [0.717, 1.165) is 32.5 Å². The van der Waals surface area contributed by atoms with E-state index in [0.29, 0.717) is 10.8 Å². The second-order valence-electron chi connectivity index (χ2n) is 6.52.